The Hall–Kier alpha value is -1.36. The van der Waals surface area contributed by atoms with Crippen LogP contribution in [0.4, 0.5) is 11.6 Å². The van der Waals surface area contributed by atoms with Gasteiger partial charge in [-0.05, 0) is 26.2 Å². The summed E-state index contributed by atoms with van der Waals surface area (Å²) in [5, 5.41) is 8.68. The summed E-state index contributed by atoms with van der Waals surface area (Å²) in [5.41, 5.74) is 6.65. The number of nitrogens with two attached hydrogens (primary N) is 1. The third-order valence-corrected chi connectivity index (χ3v) is 2.61. The van der Waals surface area contributed by atoms with Crippen molar-refractivity contribution in [3.8, 4) is 0 Å². The Morgan fingerprint density at radius 1 is 1.31 bits per heavy atom. The van der Waals surface area contributed by atoms with Crippen molar-refractivity contribution in [1.82, 2.24) is 9.97 Å². The summed E-state index contributed by atoms with van der Waals surface area (Å²) in [6, 6.07) is 0. The third-order valence-electron chi connectivity index (χ3n) is 2.61. The molecule has 0 radical (unpaired) electrons. The van der Waals surface area contributed by atoms with Crippen molar-refractivity contribution in [1.29, 1.82) is 0 Å². The average molecular weight is 224 g/mol. The third kappa shape index (κ3) is 3.34. The fourth-order valence-electron chi connectivity index (χ4n) is 1.58. The highest BCUT2D eigenvalue weighted by Gasteiger charge is 2.08. The molecule has 0 saturated heterocycles. The van der Waals surface area contributed by atoms with Gasteiger partial charge in [-0.3, -0.25) is 0 Å². The lowest BCUT2D eigenvalue weighted by molar-refractivity contribution is 0.283. The van der Waals surface area contributed by atoms with E-state index in [1.165, 1.54) is 6.33 Å². The molecule has 0 aliphatic rings. The minimum atomic E-state index is 0.267. The number of aliphatic hydroxyl groups is 1. The first kappa shape index (κ1) is 12.7. The average Bonchev–Trinajstić information content (AvgIpc) is 2.28. The van der Waals surface area contributed by atoms with Crippen LogP contribution in [0.5, 0.6) is 0 Å². The van der Waals surface area contributed by atoms with E-state index in [1.807, 2.05) is 14.0 Å². The molecule has 1 aromatic rings. The largest absolute Gasteiger partial charge is 0.396 e. The van der Waals surface area contributed by atoms with E-state index in [2.05, 4.69) is 14.9 Å². The van der Waals surface area contributed by atoms with E-state index < -0.39 is 0 Å². The normalized spacial score (nSPS) is 10.4. The van der Waals surface area contributed by atoms with Crippen LogP contribution >= 0.6 is 0 Å². The first-order valence-electron chi connectivity index (χ1n) is 5.56. The Kier molecular flexibility index (Phi) is 4.98. The van der Waals surface area contributed by atoms with Gasteiger partial charge < -0.3 is 15.7 Å². The molecule has 5 heteroatoms. The van der Waals surface area contributed by atoms with Gasteiger partial charge in [-0.15, -0.1) is 0 Å². The summed E-state index contributed by atoms with van der Waals surface area (Å²) < 4.78 is 0. The van der Waals surface area contributed by atoms with Gasteiger partial charge in [-0.25, -0.2) is 9.97 Å². The summed E-state index contributed by atoms with van der Waals surface area (Å²) >= 11 is 0. The maximum Gasteiger partial charge on any atom is 0.136 e. The van der Waals surface area contributed by atoms with Gasteiger partial charge in [0, 0.05) is 25.8 Å². The molecule has 5 nitrogen and oxygen atoms in total. The van der Waals surface area contributed by atoms with Gasteiger partial charge in [0.15, 0.2) is 0 Å². The Bertz CT molecular complexity index is 330. The molecule has 1 aromatic heterocycles. The molecule has 0 unspecified atom stereocenters. The zero-order valence-corrected chi connectivity index (χ0v) is 9.98. The van der Waals surface area contributed by atoms with E-state index in [4.69, 9.17) is 10.8 Å². The lowest BCUT2D eigenvalue weighted by Crippen LogP contribution is -2.21. The summed E-state index contributed by atoms with van der Waals surface area (Å²) in [6.07, 6.45) is 4.42. The molecule has 0 aliphatic carbocycles. The van der Waals surface area contributed by atoms with E-state index in [-0.39, 0.29) is 6.61 Å². The highest BCUT2D eigenvalue weighted by atomic mass is 16.2. The van der Waals surface area contributed by atoms with Crippen LogP contribution < -0.4 is 10.6 Å². The van der Waals surface area contributed by atoms with E-state index in [0.717, 1.165) is 37.2 Å². The first-order chi connectivity index (χ1) is 7.66. The number of hydrogen-bond acceptors (Lipinski definition) is 5. The Balaban J connectivity index is 2.52. The molecule has 0 fully saturated rings. The zero-order chi connectivity index (χ0) is 12.0. The first-order valence-corrected chi connectivity index (χ1v) is 5.56. The maximum atomic E-state index is 8.68. The molecule has 0 atom stereocenters. The molecular weight excluding hydrogens is 204 g/mol. The van der Waals surface area contributed by atoms with Crippen LogP contribution in [-0.2, 0) is 0 Å². The summed E-state index contributed by atoms with van der Waals surface area (Å²) in [6.45, 7) is 3.11. The van der Waals surface area contributed by atoms with Gasteiger partial charge in [0.25, 0.3) is 0 Å². The predicted molar refractivity (Wildman–Crippen MR) is 65.4 cm³/mol. The number of hydrogen-bond donors (Lipinski definition) is 2. The molecule has 16 heavy (non-hydrogen) atoms. The van der Waals surface area contributed by atoms with Gasteiger partial charge in [0.1, 0.15) is 18.0 Å². The molecule has 1 rings (SSSR count). The summed E-state index contributed by atoms with van der Waals surface area (Å²) in [5.74, 6) is 1.42. The quantitative estimate of drug-likeness (QED) is 0.704. The number of unbranched alkanes of at least 4 members (excludes halogenated alkanes) is 2. The van der Waals surface area contributed by atoms with Crippen molar-refractivity contribution >= 4 is 11.6 Å². The number of anilines is 2. The fourth-order valence-corrected chi connectivity index (χ4v) is 1.58. The van der Waals surface area contributed by atoms with Crippen LogP contribution in [0, 0.1) is 6.92 Å². The second-order valence-electron chi connectivity index (χ2n) is 3.91. The number of nitrogen functional groups attached to an aromatic ring is 1. The van der Waals surface area contributed by atoms with Crippen molar-refractivity contribution in [2.45, 2.75) is 26.2 Å². The minimum Gasteiger partial charge on any atom is -0.396 e. The standard InChI is InChI=1S/C11H20N4O/c1-9-10(12)13-8-14-11(9)15(2)6-4-3-5-7-16/h8,16H,3-7H2,1-2H3,(H2,12,13,14). The SMILES string of the molecule is Cc1c(N)ncnc1N(C)CCCCCO. The van der Waals surface area contributed by atoms with Gasteiger partial charge in [-0.2, -0.15) is 0 Å². The van der Waals surface area contributed by atoms with Crippen molar-refractivity contribution < 1.29 is 5.11 Å². The van der Waals surface area contributed by atoms with Crippen molar-refractivity contribution in [2.75, 3.05) is 30.8 Å². The molecule has 0 saturated carbocycles. The molecule has 0 aromatic carbocycles. The number of nitrogens with zero attached hydrogens (tertiary/aromatic N) is 3. The summed E-state index contributed by atoms with van der Waals surface area (Å²) in [7, 11) is 1.99. The van der Waals surface area contributed by atoms with Crippen LogP contribution in [0.15, 0.2) is 6.33 Å². The van der Waals surface area contributed by atoms with Crippen LogP contribution in [-0.4, -0.2) is 35.3 Å². The van der Waals surface area contributed by atoms with E-state index >= 15 is 0 Å². The molecule has 1 heterocycles. The van der Waals surface area contributed by atoms with Crippen LogP contribution in [0.1, 0.15) is 24.8 Å². The Morgan fingerprint density at radius 3 is 2.75 bits per heavy atom. The van der Waals surface area contributed by atoms with Crippen molar-refractivity contribution in [3.63, 3.8) is 0 Å². The van der Waals surface area contributed by atoms with Crippen LogP contribution in [0.3, 0.4) is 0 Å². The van der Waals surface area contributed by atoms with Crippen LogP contribution in [0.2, 0.25) is 0 Å². The number of rotatable bonds is 6. The second-order valence-corrected chi connectivity index (χ2v) is 3.91. The monoisotopic (exact) mass is 224 g/mol. The molecule has 0 amide bonds. The topological polar surface area (TPSA) is 75.3 Å². The number of aromatic nitrogens is 2. The van der Waals surface area contributed by atoms with Gasteiger partial charge in [-0.1, -0.05) is 0 Å². The predicted octanol–water partition coefficient (Wildman–Crippen LogP) is 0.966. The molecule has 0 bridgehead atoms. The molecule has 90 valence electrons. The molecule has 0 spiro atoms. The summed E-state index contributed by atoms with van der Waals surface area (Å²) in [4.78, 5) is 10.2. The molecule has 3 N–H and O–H groups in total. The second kappa shape index (κ2) is 6.27. The smallest absolute Gasteiger partial charge is 0.136 e. The minimum absolute atomic E-state index is 0.267. The van der Waals surface area contributed by atoms with Gasteiger partial charge in [0.2, 0.25) is 0 Å². The zero-order valence-electron chi connectivity index (χ0n) is 9.98. The van der Waals surface area contributed by atoms with E-state index in [0.29, 0.717) is 5.82 Å². The molecular formula is C11H20N4O. The number of aliphatic hydroxyl groups excluding tert-OH is 1. The van der Waals surface area contributed by atoms with Gasteiger partial charge >= 0.3 is 0 Å². The maximum absolute atomic E-state index is 8.68. The van der Waals surface area contributed by atoms with Crippen LogP contribution in [0.25, 0.3) is 0 Å². The highest BCUT2D eigenvalue weighted by Crippen LogP contribution is 2.18. The van der Waals surface area contributed by atoms with Crippen molar-refractivity contribution in [2.24, 2.45) is 0 Å². The highest BCUT2D eigenvalue weighted by molar-refractivity contribution is 5.55. The van der Waals surface area contributed by atoms with E-state index in [1.54, 1.807) is 0 Å². The Morgan fingerprint density at radius 2 is 2.06 bits per heavy atom. The lowest BCUT2D eigenvalue weighted by atomic mass is 10.2. The molecule has 0 aliphatic heterocycles. The van der Waals surface area contributed by atoms with E-state index in [9.17, 15) is 0 Å². The fraction of sp³-hybridized carbons (Fsp3) is 0.636. The van der Waals surface area contributed by atoms with Crippen molar-refractivity contribution in [3.05, 3.63) is 11.9 Å². The Labute approximate surface area is 96.3 Å². The van der Waals surface area contributed by atoms with Gasteiger partial charge in [0.05, 0.1) is 0 Å². The lowest BCUT2D eigenvalue weighted by Gasteiger charge is -2.20.